The van der Waals surface area contributed by atoms with Crippen molar-refractivity contribution in [2.24, 2.45) is 0 Å². The third kappa shape index (κ3) is 3.86. The zero-order valence-electron chi connectivity index (χ0n) is 9.20. The van der Waals surface area contributed by atoms with Crippen molar-refractivity contribution < 1.29 is 14.6 Å². The lowest BCUT2D eigenvalue weighted by Crippen LogP contribution is -2.27. The summed E-state index contributed by atoms with van der Waals surface area (Å²) < 4.78 is 5.03. The van der Waals surface area contributed by atoms with Gasteiger partial charge in [-0.05, 0) is 20.8 Å². The van der Waals surface area contributed by atoms with E-state index in [0.29, 0.717) is 4.88 Å². The van der Waals surface area contributed by atoms with Gasteiger partial charge in [0.1, 0.15) is 5.60 Å². The van der Waals surface area contributed by atoms with Crippen molar-refractivity contribution in [1.82, 2.24) is 4.98 Å². The van der Waals surface area contributed by atoms with Crippen LogP contribution in [0.2, 0.25) is 0 Å². The minimum atomic E-state index is -0.609. The molecule has 0 aliphatic carbocycles. The Kier molecular flexibility index (Phi) is 3.98. The van der Waals surface area contributed by atoms with Crippen molar-refractivity contribution in [2.45, 2.75) is 32.3 Å². The Hall–Kier alpha value is -1.01. The van der Waals surface area contributed by atoms with Crippen molar-refractivity contribution in [3.05, 3.63) is 4.88 Å². The van der Waals surface area contributed by atoms with Gasteiger partial charge in [-0.2, -0.15) is 4.98 Å². The zero-order chi connectivity index (χ0) is 12.3. The highest BCUT2D eigenvalue weighted by molar-refractivity contribution is 7.16. The molecule has 1 amide bonds. The predicted molar refractivity (Wildman–Crippen MR) is 63.2 cm³/mol. The van der Waals surface area contributed by atoms with Gasteiger partial charge in [0.25, 0.3) is 0 Å². The number of amides is 1. The maximum atomic E-state index is 11.4. The lowest BCUT2D eigenvalue weighted by atomic mass is 10.2. The highest BCUT2D eigenvalue weighted by atomic mass is 35.5. The number of hydrogen-bond donors (Lipinski definition) is 2. The van der Waals surface area contributed by atoms with E-state index in [9.17, 15) is 9.90 Å². The number of carbonyl (C=O) groups excluding carboxylic acids is 1. The summed E-state index contributed by atoms with van der Waals surface area (Å²) in [4.78, 5) is 15.6. The number of carbonyl (C=O) groups is 1. The molecule has 1 rings (SSSR count). The molecule has 0 fully saturated rings. The van der Waals surface area contributed by atoms with Gasteiger partial charge in [-0.15, -0.1) is 11.6 Å². The Morgan fingerprint density at radius 1 is 1.62 bits per heavy atom. The van der Waals surface area contributed by atoms with Crippen LogP contribution in [-0.2, 0) is 10.6 Å². The summed E-state index contributed by atoms with van der Waals surface area (Å²) in [5, 5.41) is 12.0. The summed E-state index contributed by atoms with van der Waals surface area (Å²) in [6.45, 7) is 5.28. The van der Waals surface area contributed by atoms with Crippen molar-refractivity contribution in [3.63, 3.8) is 0 Å². The quantitative estimate of drug-likeness (QED) is 0.806. The minimum absolute atomic E-state index is 0.152. The summed E-state index contributed by atoms with van der Waals surface area (Å²) in [5.41, 5.74) is -0.571. The van der Waals surface area contributed by atoms with E-state index < -0.39 is 11.7 Å². The lowest BCUT2D eigenvalue weighted by molar-refractivity contribution is 0.0636. The van der Waals surface area contributed by atoms with Crippen molar-refractivity contribution in [2.75, 3.05) is 5.32 Å². The van der Waals surface area contributed by atoms with Crippen LogP contribution in [0.5, 0.6) is 5.88 Å². The normalized spacial score (nSPS) is 11.2. The number of hydrogen-bond acceptors (Lipinski definition) is 5. The van der Waals surface area contributed by atoms with Gasteiger partial charge >= 0.3 is 6.09 Å². The fourth-order valence-corrected chi connectivity index (χ4v) is 1.85. The molecule has 0 aliphatic rings. The number of ether oxygens (including phenoxy) is 1. The Balaban J connectivity index is 2.63. The second kappa shape index (κ2) is 4.88. The molecule has 1 heterocycles. The predicted octanol–water partition coefficient (Wildman–Crippen LogP) is 2.93. The molecule has 0 unspecified atom stereocenters. The zero-order valence-corrected chi connectivity index (χ0v) is 10.8. The average molecular weight is 265 g/mol. The highest BCUT2D eigenvalue weighted by Crippen LogP contribution is 2.29. The SMILES string of the molecule is CC(C)(C)OC(=O)Nc1nc(O)c(CCl)s1. The molecule has 0 spiro atoms. The Labute approximate surface area is 102 Å². The van der Waals surface area contributed by atoms with E-state index >= 15 is 0 Å². The molecule has 90 valence electrons. The number of nitrogens with one attached hydrogen (secondary N) is 1. The van der Waals surface area contributed by atoms with Crippen molar-refractivity contribution >= 4 is 34.2 Å². The first kappa shape index (κ1) is 13.1. The third-order valence-corrected chi connectivity index (χ3v) is 2.79. The van der Waals surface area contributed by atoms with E-state index in [-0.39, 0.29) is 16.9 Å². The number of halogens is 1. The number of thiazole rings is 1. The molecular weight excluding hydrogens is 252 g/mol. The molecule has 0 aliphatic heterocycles. The Morgan fingerprint density at radius 2 is 2.25 bits per heavy atom. The van der Waals surface area contributed by atoms with Crippen LogP contribution in [0.25, 0.3) is 0 Å². The second-order valence-corrected chi connectivity index (χ2v) is 5.38. The number of rotatable bonds is 2. The van der Waals surface area contributed by atoms with Gasteiger partial charge in [0, 0.05) is 0 Å². The van der Waals surface area contributed by atoms with Crippen LogP contribution in [0, 0.1) is 0 Å². The van der Waals surface area contributed by atoms with Gasteiger partial charge in [-0.25, -0.2) is 4.79 Å². The van der Waals surface area contributed by atoms with Crippen LogP contribution in [-0.4, -0.2) is 21.8 Å². The number of alkyl halides is 1. The van der Waals surface area contributed by atoms with Gasteiger partial charge in [0.15, 0.2) is 5.13 Å². The van der Waals surface area contributed by atoms with Crippen LogP contribution in [0.1, 0.15) is 25.6 Å². The molecular formula is C9H13ClN2O3S. The first-order valence-electron chi connectivity index (χ1n) is 4.56. The first-order chi connectivity index (χ1) is 7.31. The highest BCUT2D eigenvalue weighted by Gasteiger charge is 2.18. The molecule has 16 heavy (non-hydrogen) atoms. The molecule has 0 saturated carbocycles. The van der Waals surface area contributed by atoms with Crippen LogP contribution in [0.4, 0.5) is 9.93 Å². The fourth-order valence-electron chi connectivity index (χ4n) is 0.875. The molecule has 0 atom stereocenters. The van der Waals surface area contributed by atoms with Crippen LogP contribution >= 0.6 is 22.9 Å². The molecule has 5 nitrogen and oxygen atoms in total. The van der Waals surface area contributed by atoms with E-state index in [1.165, 1.54) is 0 Å². The van der Waals surface area contributed by atoms with Crippen LogP contribution < -0.4 is 5.32 Å². The standard InChI is InChI=1S/C9H13ClN2O3S/c1-9(2,3)15-8(14)12-7-11-6(13)5(4-10)16-7/h13H,4H2,1-3H3,(H,11,12,14). The first-order valence-corrected chi connectivity index (χ1v) is 5.91. The molecule has 7 heteroatoms. The Morgan fingerprint density at radius 3 is 2.69 bits per heavy atom. The Bertz CT molecular complexity index is 387. The minimum Gasteiger partial charge on any atom is -0.492 e. The molecule has 1 aromatic heterocycles. The molecule has 0 aromatic carbocycles. The molecule has 0 radical (unpaired) electrons. The molecule has 0 bridgehead atoms. The lowest BCUT2D eigenvalue weighted by Gasteiger charge is -2.18. The van der Waals surface area contributed by atoms with Gasteiger partial charge in [-0.1, -0.05) is 11.3 Å². The third-order valence-electron chi connectivity index (χ3n) is 1.41. The average Bonchev–Trinajstić information content (AvgIpc) is 2.42. The smallest absolute Gasteiger partial charge is 0.413 e. The van der Waals surface area contributed by atoms with E-state index in [2.05, 4.69) is 10.3 Å². The number of nitrogens with zero attached hydrogens (tertiary/aromatic N) is 1. The van der Waals surface area contributed by atoms with Crippen LogP contribution in [0.3, 0.4) is 0 Å². The van der Waals surface area contributed by atoms with E-state index in [1.807, 2.05) is 0 Å². The van der Waals surface area contributed by atoms with Gasteiger partial charge in [-0.3, -0.25) is 5.32 Å². The van der Waals surface area contributed by atoms with Crippen molar-refractivity contribution in [3.8, 4) is 5.88 Å². The summed E-state index contributed by atoms with van der Waals surface area (Å²) in [6, 6.07) is 0. The topological polar surface area (TPSA) is 71.5 Å². The second-order valence-electron chi connectivity index (χ2n) is 4.03. The van der Waals surface area contributed by atoms with Gasteiger partial charge in [0.2, 0.25) is 5.88 Å². The number of aromatic hydroxyl groups is 1. The molecule has 1 aromatic rings. The monoisotopic (exact) mass is 264 g/mol. The molecule has 0 saturated heterocycles. The van der Waals surface area contributed by atoms with E-state index in [4.69, 9.17) is 16.3 Å². The van der Waals surface area contributed by atoms with Crippen LogP contribution in [0.15, 0.2) is 0 Å². The molecule has 2 N–H and O–H groups in total. The summed E-state index contributed by atoms with van der Waals surface area (Å²) in [6.07, 6.45) is -0.609. The number of anilines is 1. The summed E-state index contributed by atoms with van der Waals surface area (Å²) in [7, 11) is 0. The van der Waals surface area contributed by atoms with Gasteiger partial charge < -0.3 is 9.84 Å². The van der Waals surface area contributed by atoms with E-state index in [0.717, 1.165) is 11.3 Å². The maximum absolute atomic E-state index is 11.4. The largest absolute Gasteiger partial charge is 0.492 e. The fraction of sp³-hybridized carbons (Fsp3) is 0.556. The maximum Gasteiger partial charge on any atom is 0.413 e. The number of aromatic nitrogens is 1. The summed E-state index contributed by atoms with van der Waals surface area (Å²) >= 11 is 6.66. The van der Waals surface area contributed by atoms with Crippen molar-refractivity contribution in [1.29, 1.82) is 0 Å². The summed E-state index contributed by atoms with van der Waals surface area (Å²) in [5.74, 6) is -0.00878. The van der Waals surface area contributed by atoms with Gasteiger partial charge in [0.05, 0.1) is 10.8 Å². The van der Waals surface area contributed by atoms with E-state index in [1.54, 1.807) is 20.8 Å².